The van der Waals surface area contributed by atoms with E-state index in [1.165, 1.54) is 0 Å². The van der Waals surface area contributed by atoms with Crippen LogP contribution >= 0.6 is 11.6 Å². The van der Waals surface area contributed by atoms with Crippen LogP contribution in [0.3, 0.4) is 0 Å². The minimum atomic E-state index is -0.0571. The molecule has 3 rings (SSSR count). The average Bonchev–Trinajstić information content (AvgIpc) is 2.77. The van der Waals surface area contributed by atoms with Gasteiger partial charge in [-0.25, -0.2) is 0 Å². The van der Waals surface area contributed by atoms with Gasteiger partial charge in [0.2, 0.25) is 5.91 Å². The smallest absolute Gasteiger partial charge is 0.261 e. The number of halogens is 1. The number of hydrogen-bond donors (Lipinski definition) is 1. The van der Waals surface area contributed by atoms with Crippen LogP contribution in [0.5, 0.6) is 5.75 Å². The summed E-state index contributed by atoms with van der Waals surface area (Å²) < 4.78 is 5.64. The molecule has 0 aromatic heterocycles. The predicted octanol–water partition coefficient (Wildman–Crippen LogP) is 1.91. The first kappa shape index (κ1) is 15.2. The van der Waals surface area contributed by atoms with Crippen LogP contribution in [0.25, 0.3) is 0 Å². The Bertz CT molecular complexity index is 605. The quantitative estimate of drug-likeness (QED) is 0.924. The Labute approximate surface area is 134 Å². The van der Waals surface area contributed by atoms with Gasteiger partial charge in [-0.3, -0.25) is 9.59 Å². The van der Waals surface area contributed by atoms with Crippen molar-refractivity contribution in [1.29, 1.82) is 0 Å². The van der Waals surface area contributed by atoms with Crippen molar-refractivity contribution in [3.8, 4) is 5.75 Å². The second-order valence-electron chi connectivity index (χ2n) is 5.89. The summed E-state index contributed by atoms with van der Waals surface area (Å²) in [6.45, 7) is 2.43. The second-order valence-corrected chi connectivity index (χ2v) is 6.33. The largest absolute Gasteiger partial charge is 0.483 e. The first-order valence-electron chi connectivity index (χ1n) is 7.51. The lowest BCUT2D eigenvalue weighted by Gasteiger charge is -2.27. The molecule has 5 nitrogen and oxygen atoms in total. The van der Waals surface area contributed by atoms with Crippen molar-refractivity contribution >= 4 is 23.4 Å². The Morgan fingerprint density at radius 2 is 2.18 bits per heavy atom. The van der Waals surface area contributed by atoms with Crippen LogP contribution in [0, 0.1) is 6.92 Å². The molecule has 2 aliphatic heterocycles. The Hall–Kier alpha value is -1.75. The van der Waals surface area contributed by atoms with Crippen LogP contribution in [0.1, 0.15) is 24.8 Å². The molecule has 6 heteroatoms. The zero-order chi connectivity index (χ0) is 15.7. The molecule has 2 heterocycles. The monoisotopic (exact) mass is 322 g/mol. The van der Waals surface area contributed by atoms with Crippen LogP contribution in [-0.4, -0.2) is 41.9 Å². The predicted molar refractivity (Wildman–Crippen MR) is 83.0 cm³/mol. The lowest BCUT2D eigenvalue weighted by Crippen LogP contribution is -2.44. The van der Waals surface area contributed by atoms with Gasteiger partial charge in [0.15, 0.2) is 6.61 Å². The molecule has 1 aromatic carbocycles. The highest BCUT2D eigenvalue weighted by Gasteiger charge is 2.40. The van der Waals surface area contributed by atoms with Crippen molar-refractivity contribution in [1.82, 2.24) is 10.2 Å². The summed E-state index contributed by atoms with van der Waals surface area (Å²) in [5.74, 6) is 0.631. The summed E-state index contributed by atoms with van der Waals surface area (Å²) in [6, 6.07) is 5.42. The van der Waals surface area contributed by atoms with Gasteiger partial charge in [-0.15, -0.1) is 0 Å². The summed E-state index contributed by atoms with van der Waals surface area (Å²) in [5.41, 5.74) is 0.899. The molecule has 2 aliphatic rings. The molecule has 2 amide bonds. The molecular formula is C16H19ClN2O3. The number of carbonyl (C=O) groups excluding carboxylic acids is 2. The number of nitrogens with one attached hydrogen (secondary N) is 1. The Kier molecular flexibility index (Phi) is 4.25. The number of amides is 2. The number of nitrogens with zero attached hydrogens (tertiary/aromatic N) is 1. The van der Waals surface area contributed by atoms with Gasteiger partial charge in [0.1, 0.15) is 5.75 Å². The summed E-state index contributed by atoms with van der Waals surface area (Å²) in [7, 11) is 0. The molecule has 22 heavy (non-hydrogen) atoms. The van der Waals surface area contributed by atoms with E-state index in [2.05, 4.69) is 5.32 Å². The van der Waals surface area contributed by atoms with E-state index in [1.54, 1.807) is 18.2 Å². The molecule has 0 spiro atoms. The van der Waals surface area contributed by atoms with Gasteiger partial charge in [-0.05, 0) is 43.5 Å². The maximum atomic E-state index is 12.5. The minimum absolute atomic E-state index is 0.00918. The van der Waals surface area contributed by atoms with Crippen molar-refractivity contribution < 1.29 is 14.3 Å². The molecular weight excluding hydrogens is 304 g/mol. The maximum Gasteiger partial charge on any atom is 0.261 e. The highest BCUT2D eigenvalue weighted by molar-refractivity contribution is 6.30. The summed E-state index contributed by atoms with van der Waals surface area (Å²) in [4.78, 5) is 25.9. The zero-order valence-corrected chi connectivity index (χ0v) is 13.2. The SMILES string of the molecule is Cc1cc(Cl)ccc1OCC(=O)N1C2CCC1CC(=O)NC2. The van der Waals surface area contributed by atoms with E-state index in [9.17, 15) is 9.59 Å². The van der Waals surface area contributed by atoms with Gasteiger partial charge < -0.3 is 15.0 Å². The number of fused-ring (bicyclic) bond motifs is 2. The molecule has 1 aromatic rings. The van der Waals surface area contributed by atoms with Crippen LogP contribution < -0.4 is 10.1 Å². The van der Waals surface area contributed by atoms with E-state index in [-0.39, 0.29) is 30.5 Å². The summed E-state index contributed by atoms with van der Waals surface area (Å²) in [6.07, 6.45) is 2.22. The van der Waals surface area contributed by atoms with Crippen LogP contribution in [0.15, 0.2) is 18.2 Å². The highest BCUT2D eigenvalue weighted by atomic mass is 35.5. The number of rotatable bonds is 3. The first-order valence-corrected chi connectivity index (χ1v) is 7.89. The fourth-order valence-electron chi connectivity index (χ4n) is 3.28. The second kappa shape index (κ2) is 6.16. The Morgan fingerprint density at radius 1 is 1.41 bits per heavy atom. The summed E-state index contributed by atoms with van der Waals surface area (Å²) >= 11 is 5.91. The molecule has 2 unspecified atom stereocenters. The number of aryl methyl sites for hydroxylation is 1. The normalized spacial score (nSPS) is 23.9. The van der Waals surface area contributed by atoms with Crippen molar-refractivity contribution in [2.45, 2.75) is 38.3 Å². The maximum absolute atomic E-state index is 12.5. The topological polar surface area (TPSA) is 58.6 Å². The molecule has 1 N–H and O–H groups in total. The van der Waals surface area contributed by atoms with Crippen molar-refractivity contribution in [2.75, 3.05) is 13.2 Å². The van der Waals surface area contributed by atoms with Crippen molar-refractivity contribution in [3.63, 3.8) is 0 Å². The molecule has 0 saturated carbocycles. The molecule has 0 radical (unpaired) electrons. The molecule has 2 atom stereocenters. The van der Waals surface area contributed by atoms with Crippen molar-refractivity contribution in [2.24, 2.45) is 0 Å². The standard InChI is InChI=1S/C16H19ClN2O3/c1-10-6-11(17)2-5-14(10)22-9-16(21)19-12-3-4-13(19)8-18-15(20)7-12/h2,5-6,12-13H,3-4,7-9H2,1H3,(H,18,20). The fourth-order valence-corrected chi connectivity index (χ4v) is 3.50. The number of hydrogen-bond acceptors (Lipinski definition) is 3. The molecule has 118 valence electrons. The molecule has 0 aliphatic carbocycles. The highest BCUT2D eigenvalue weighted by Crippen LogP contribution is 2.29. The van der Waals surface area contributed by atoms with Crippen LogP contribution in [-0.2, 0) is 9.59 Å². The zero-order valence-electron chi connectivity index (χ0n) is 12.5. The third-order valence-corrected chi connectivity index (χ3v) is 4.59. The van der Waals surface area contributed by atoms with Gasteiger partial charge >= 0.3 is 0 Å². The fraction of sp³-hybridized carbons (Fsp3) is 0.500. The van der Waals surface area contributed by atoms with E-state index >= 15 is 0 Å². The molecule has 2 saturated heterocycles. The number of benzene rings is 1. The molecule has 2 bridgehead atoms. The third-order valence-electron chi connectivity index (χ3n) is 4.35. The van der Waals surface area contributed by atoms with E-state index in [1.807, 2.05) is 11.8 Å². The average molecular weight is 323 g/mol. The Balaban J connectivity index is 1.65. The minimum Gasteiger partial charge on any atom is -0.483 e. The number of ether oxygens (including phenoxy) is 1. The van der Waals surface area contributed by atoms with Crippen LogP contribution in [0.4, 0.5) is 0 Å². The van der Waals surface area contributed by atoms with E-state index in [4.69, 9.17) is 16.3 Å². The molecule has 2 fully saturated rings. The third kappa shape index (κ3) is 3.04. The van der Waals surface area contributed by atoms with Crippen molar-refractivity contribution in [3.05, 3.63) is 28.8 Å². The van der Waals surface area contributed by atoms with Gasteiger partial charge in [0, 0.05) is 30.1 Å². The Morgan fingerprint density at radius 3 is 2.95 bits per heavy atom. The van der Waals surface area contributed by atoms with Gasteiger partial charge in [-0.1, -0.05) is 11.6 Å². The van der Waals surface area contributed by atoms with E-state index < -0.39 is 0 Å². The van der Waals surface area contributed by atoms with E-state index in [0.29, 0.717) is 23.7 Å². The van der Waals surface area contributed by atoms with Gasteiger partial charge in [-0.2, -0.15) is 0 Å². The first-order chi connectivity index (χ1) is 10.5. The number of carbonyl (C=O) groups is 2. The van der Waals surface area contributed by atoms with Gasteiger partial charge in [0.25, 0.3) is 5.91 Å². The lowest BCUT2D eigenvalue weighted by atomic mass is 10.1. The lowest BCUT2D eigenvalue weighted by molar-refractivity contribution is -0.136. The van der Waals surface area contributed by atoms with Crippen LogP contribution in [0.2, 0.25) is 5.02 Å². The van der Waals surface area contributed by atoms with E-state index in [0.717, 1.165) is 18.4 Å². The summed E-state index contributed by atoms with van der Waals surface area (Å²) in [5, 5.41) is 3.51. The van der Waals surface area contributed by atoms with Gasteiger partial charge in [0.05, 0.1) is 0 Å².